The summed E-state index contributed by atoms with van der Waals surface area (Å²) in [5.74, 6) is -4.86. The molecule has 0 bridgehead atoms. The minimum atomic E-state index is -1.21. The quantitative estimate of drug-likeness (QED) is 0.730. The number of carboxylic acid groups (broad SMARTS) is 1. The van der Waals surface area contributed by atoms with E-state index >= 15 is 0 Å². The van der Waals surface area contributed by atoms with Gasteiger partial charge in [-0.15, -0.1) is 0 Å². The average molecular weight is 394 g/mol. The first kappa shape index (κ1) is 18.8. The summed E-state index contributed by atoms with van der Waals surface area (Å²) in [6.07, 6.45) is 0.126. The standard InChI is InChI=1S/C18H13F3N2O3S/c1-2-13(17(25)26)23-14-7-11(20)12(21)8-15(14)27-18(23)22-16(24)9-4-3-5-10(19)6-9/h3-8,13H,2H2,1H3,(H,25,26)/b22-18-. The minimum Gasteiger partial charge on any atom is -0.480 e. The highest BCUT2D eigenvalue weighted by Crippen LogP contribution is 2.25. The zero-order valence-electron chi connectivity index (χ0n) is 13.9. The lowest BCUT2D eigenvalue weighted by Gasteiger charge is -2.13. The van der Waals surface area contributed by atoms with Gasteiger partial charge in [0.05, 0.1) is 10.2 Å². The number of hydrogen-bond acceptors (Lipinski definition) is 3. The van der Waals surface area contributed by atoms with Crippen molar-refractivity contribution in [3.05, 3.63) is 64.2 Å². The van der Waals surface area contributed by atoms with Crippen LogP contribution in [0.4, 0.5) is 13.2 Å². The predicted molar refractivity (Wildman–Crippen MR) is 93.0 cm³/mol. The molecule has 0 saturated heterocycles. The van der Waals surface area contributed by atoms with Gasteiger partial charge in [-0.25, -0.2) is 18.0 Å². The Morgan fingerprint density at radius 2 is 1.89 bits per heavy atom. The SMILES string of the molecule is CCC(C(=O)O)n1/c(=N/C(=O)c2cccc(F)c2)sc2cc(F)c(F)cc21. The summed E-state index contributed by atoms with van der Waals surface area (Å²) in [6, 6.07) is 5.53. The van der Waals surface area contributed by atoms with Gasteiger partial charge in [0.25, 0.3) is 5.91 Å². The number of nitrogens with zero attached hydrogens (tertiary/aromatic N) is 2. The van der Waals surface area contributed by atoms with Crippen LogP contribution in [0.1, 0.15) is 29.7 Å². The molecule has 9 heteroatoms. The normalized spacial score (nSPS) is 13.1. The van der Waals surface area contributed by atoms with Crippen molar-refractivity contribution in [1.29, 1.82) is 0 Å². The largest absolute Gasteiger partial charge is 0.480 e. The average Bonchev–Trinajstić information content (AvgIpc) is 2.93. The van der Waals surface area contributed by atoms with E-state index in [0.29, 0.717) is 0 Å². The number of carbonyl (C=O) groups is 2. The Balaban J connectivity index is 2.28. The maximum absolute atomic E-state index is 13.7. The van der Waals surface area contributed by atoms with E-state index in [4.69, 9.17) is 0 Å². The number of fused-ring (bicyclic) bond motifs is 1. The molecular formula is C18H13F3N2O3S. The van der Waals surface area contributed by atoms with Crippen LogP contribution in [-0.4, -0.2) is 21.6 Å². The number of carboxylic acids is 1. The van der Waals surface area contributed by atoms with E-state index in [-0.39, 0.29) is 27.0 Å². The van der Waals surface area contributed by atoms with Crippen molar-refractivity contribution in [1.82, 2.24) is 4.57 Å². The maximum atomic E-state index is 13.7. The molecule has 0 fully saturated rings. The number of aliphatic carboxylic acids is 1. The molecule has 2 aromatic carbocycles. The molecule has 0 aliphatic carbocycles. The summed E-state index contributed by atoms with van der Waals surface area (Å²) in [5, 5.41) is 9.48. The van der Waals surface area contributed by atoms with Gasteiger partial charge in [-0.2, -0.15) is 4.99 Å². The molecule has 1 heterocycles. The molecule has 140 valence electrons. The zero-order valence-corrected chi connectivity index (χ0v) is 14.8. The van der Waals surface area contributed by atoms with Gasteiger partial charge >= 0.3 is 5.97 Å². The highest BCUT2D eigenvalue weighted by Gasteiger charge is 2.23. The Morgan fingerprint density at radius 1 is 1.19 bits per heavy atom. The van der Waals surface area contributed by atoms with Gasteiger partial charge in [0.2, 0.25) is 0 Å². The van der Waals surface area contributed by atoms with Crippen LogP contribution in [0.15, 0.2) is 41.4 Å². The number of hydrogen-bond donors (Lipinski definition) is 1. The lowest BCUT2D eigenvalue weighted by atomic mass is 10.2. The summed E-state index contributed by atoms with van der Waals surface area (Å²) in [6.45, 7) is 1.60. The van der Waals surface area contributed by atoms with E-state index in [1.807, 2.05) is 0 Å². The third-order valence-corrected chi connectivity index (χ3v) is 4.94. The molecule has 1 amide bonds. The van der Waals surface area contributed by atoms with E-state index < -0.39 is 35.4 Å². The molecule has 0 radical (unpaired) electrons. The van der Waals surface area contributed by atoms with Crippen LogP contribution < -0.4 is 4.80 Å². The van der Waals surface area contributed by atoms with Crippen LogP contribution in [0, 0.1) is 17.5 Å². The number of amides is 1. The van der Waals surface area contributed by atoms with Gasteiger partial charge in [0.1, 0.15) is 11.9 Å². The lowest BCUT2D eigenvalue weighted by Crippen LogP contribution is -2.27. The molecule has 1 atom stereocenters. The molecule has 1 aromatic heterocycles. The topological polar surface area (TPSA) is 71.7 Å². The van der Waals surface area contributed by atoms with Crippen molar-refractivity contribution < 1.29 is 27.9 Å². The number of benzene rings is 2. The molecule has 0 aliphatic rings. The predicted octanol–water partition coefficient (Wildman–Crippen LogP) is 3.90. The fourth-order valence-corrected chi connectivity index (χ4v) is 3.73. The van der Waals surface area contributed by atoms with Crippen LogP contribution in [0.2, 0.25) is 0 Å². The second-order valence-corrected chi connectivity index (χ2v) is 6.69. The Kier molecular flexibility index (Phi) is 5.13. The number of thiazole rings is 1. The summed E-state index contributed by atoms with van der Waals surface area (Å²) in [5.41, 5.74) is 0.0821. The van der Waals surface area contributed by atoms with Gasteiger partial charge in [-0.3, -0.25) is 4.79 Å². The van der Waals surface area contributed by atoms with Crippen molar-refractivity contribution in [3.8, 4) is 0 Å². The molecule has 3 rings (SSSR count). The molecule has 27 heavy (non-hydrogen) atoms. The number of halogens is 3. The monoisotopic (exact) mass is 394 g/mol. The van der Waals surface area contributed by atoms with E-state index in [1.54, 1.807) is 6.92 Å². The highest BCUT2D eigenvalue weighted by atomic mass is 32.1. The fourth-order valence-electron chi connectivity index (χ4n) is 2.66. The van der Waals surface area contributed by atoms with Gasteiger partial charge in [0, 0.05) is 11.6 Å². The first-order chi connectivity index (χ1) is 12.8. The van der Waals surface area contributed by atoms with Crippen LogP contribution in [0.3, 0.4) is 0 Å². The molecular weight excluding hydrogens is 381 g/mol. The molecule has 1 N–H and O–H groups in total. The molecule has 3 aromatic rings. The third-order valence-electron chi connectivity index (χ3n) is 3.92. The van der Waals surface area contributed by atoms with Gasteiger partial charge in [-0.05, 0) is 30.7 Å². The molecule has 5 nitrogen and oxygen atoms in total. The molecule has 1 unspecified atom stereocenters. The first-order valence-electron chi connectivity index (χ1n) is 7.89. The summed E-state index contributed by atoms with van der Waals surface area (Å²) in [4.78, 5) is 27.8. The van der Waals surface area contributed by atoms with Crippen molar-refractivity contribution in [2.24, 2.45) is 4.99 Å². The van der Waals surface area contributed by atoms with Crippen LogP contribution >= 0.6 is 11.3 Å². The number of aromatic nitrogens is 1. The highest BCUT2D eigenvalue weighted by molar-refractivity contribution is 7.16. The van der Waals surface area contributed by atoms with Gasteiger partial charge in [-0.1, -0.05) is 24.3 Å². The second kappa shape index (κ2) is 7.36. The fraction of sp³-hybridized carbons (Fsp3) is 0.167. The Bertz CT molecular complexity index is 1120. The summed E-state index contributed by atoms with van der Waals surface area (Å²) < 4.78 is 42.0. The van der Waals surface area contributed by atoms with E-state index in [0.717, 1.165) is 29.5 Å². The summed E-state index contributed by atoms with van der Waals surface area (Å²) >= 11 is 0.847. The second-order valence-electron chi connectivity index (χ2n) is 5.68. The van der Waals surface area contributed by atoms with Gasteiger partial charge < -0.3 is 9.67 Å². The number of rotatable bonds is 4. The van der Waals surface area contributed by atoms with Crippen molar-refractivity contribution >= 4 is 33.4 Å². The van der Waals surface area contributed by atoms with E-state index in [1.165, 1.54) is 22.8 Å². The zero-order chi connectivity index (χ0) is 19.7. The molecule has 0 aliphatic heterocycles. The Hall–Kier alpha value is -2.94. The van der Waals surface area contributed by atoms with Crippen molar-refractivity contribution in [2.45, 2.75) is 19.4 Å². The minimum absolute atomic E-state index is 0.0280. The van der Waals surface area contributed by atoms with E-state index in [2.05, 4.69) is 4.99 Å². The lowest BCUT2D eigenvalue weighted by molar-refractivity contribution is -0.140. The van der Waals surface area contributed by atoms with Crippen LogP contribution in [0.5, 0.6) is 0 Å². The van der Waals surface area contributed by atoms with Gasteiger partial charge in [0.15, 0.2) is 16.4 Å². The van der Waals surface area contributed by atoms with E-state index in [9.17, 15) is 27.9 Å². The Morgan fingerprint density at radius 3 is 2.52 bits per heavy atom. The third kappa shape index (κ3) is 3.63. The van der Waals surface area contributed by atoms with Crippen LogP contribution in [0.25, 0.3) is 10.2 Å². The maximum Gasteiger partial charge on any atom is 0.326 e. The Labute approximate surface area is 155 Å². The van der Waals surface area contributed by atoms with Crippen LogP contribution in [-0.2, 0) is 4.79 Å². The molecule has 0 spiro atoms. The van der Waals surface area contributed by atoms with Crippen molar-refractivity contribution in [2.75, 3.05) is 0 Å². The first-order valence-corrected chi connectivity index (χ1v) is 8.71. The molecule has 0 saturated carbocycles. The summed E-state index contributed by atoms with van der Waals surface area (Å²) in [7, 11) is 0. The smallest absolute Gasteiger partial charge is 0.326 e. The number of carbonyl (C=O) groups excluding carboxylic acids is 1. The van der Waals surface area contributed by atoms with Crippen molar-refractivity contribution in [3.63, 3.8) is 0 Å².